The predicted octanol–water partition coefficient (Wildman–Crippen LogP) is 4.87. The third-order valence-corrected chi connectivity index (χ3v) is 6.64. The lowest BCUT2D eigenvalue weighted by molar-refractivity contribution is -0.109. The normalized spacial score (nSPS) is 21.0. The van der Waals surface area contributed by atoms with E-state index in [2.05, 4.69) is 44.0 Å². The highest BCUT2D eigenvalue weighted by molar-refractivity contribution is 5.52. The number of hydrogen-bond donors (Lipinski definition) is 0. The van der Waals surface area contributed by atoms with Gasteiger partial charge in [0.2, 0.25) is 0 Å². The van der Waals surface area contributed by atoms with Crippen molar-refractivity contribution in [3.8, 4) is 5.75 Å². The van der Waals surface area contributed by atoms with E-state index in [4.69, 9.17) is 14.2 Å². The van der Waals surface area contributed by atoms with Crippen LogP contribution in [0, 0.1) is 17.3 Å². The van der Waals surface area contributed by atoms with Crippen LogP contribution in [0.1, 0.15) is 38.7 Å². The average Bonchev–Trinajstić information content (AvgIpc) is 2.78. The quantitative estimate of drug-likeness (QED) is 0.419. The van der Waals surface area contributed by atoms with Gasteiger partial charge in [0, 0.05) is 18.4 Å². The number of allylic oxidation sites excluding steroid dienone is 3. The zero-order chi connectivity index (χ0) is 22.9. The van der Waals surface area contributed by atoms with Crippen molar-refractivity contribution in [3.63, 3.8) is 0 Å². The summed E-state index contributed by atoms with van der Waals surface area (Å²) in [6.07, 6.45) is 8.53. The molecule has 0 radical (unpaired) electrons. The van der Waals surface area contributed by atoms with E-state index in [1.54, 1.807) is 21.3 Å². The molecule has 0 fully saturated rings. The fourth-order valence-corrected chi connectivity index (χ4v) is 4.87. The van der Waals surface area contributed by atoms with Gasteiger partial charge in [0.25, 0.3) is 0 Å². The molecular weight excluding hydrogens is 390 g/mol. The maximum Gasteiger partial charge on any atom is 0.156 e. The van der Waals surface area contributed by atoms with Gasteiger partial charge in [-0.15, -0.1) is 0 Å². The fourth-order valence-electron chi connectivity index (χ4n) is 4.87. The number of methoxy groups -OCH3 is 3. The molecule has 1 aromatic rings. The van der Waals surface area contributed by atoms with Gasteiger partial charge >= 0.3 is 0 Å². The van der Waals surface area contributed by atoms with Crippen molar-refractivity contribution in [1.29, 1.82) is 0 Å². The minimum Gasteiger partial charge on any atom is -0.497 e. The molecule has 1 aliphatic rings. The van der Waals surface area contributed by atoms with Crippen LogP contribution in [0.3, 0.4) is 0 Å². The molecule has 1 aliphatic carbocycles. The third-order valence-electron chi connectivity index (χ3n) is 6.64. The Bertz CT molecular complexity index is 770. The van der Waals surface area contributed by atoms with Gasteiger partial charge in [0.15, 0.2) is 5.76 Å². The van der Waals surface area contributed by atoms with Crippen molar-refractivity contribution in [2.75, 3.05) is 41.5 Å². The highest BCUT2D eigenvalue weighted by atomic mass is 16.5. The number of nitrogens with zero attached hydrogens (tertiary/aromatic N) is 1. The Balaban J connectivity index is 2.06. The summed E-state index contributed by atoms with van der Waals surface area (Å²) in [6, 6.07) is 8.25. The van der Waals surface area contributed by atoms with Crippen LogP contribution < -0.4 is 4.74 Å². The molecule has 1 aromatic carbocycles. The van der Waals surface area contributed by atoms with E-state index in [1.807, 2.05) is 18.2 Å². The van der Waals surface area contributed by atoms with Crippen LogP contribution in [-0.2, 0) is 20.7 Å². The number of ether oxygens (including phenoxy) is 3. The summed E-state index contributed by atoms with van der Waals surface area (Å²) in [5, 5.41) is 0. The lowest BCUT2D eigenvalue weighted by Gasteiger charge is -2.46. The average molecular weight is 430 g/mol. The first-order chi connectivity index (χ1) is 14.9. The van der Waals surface area contributed by atoms with Gasteiger partial charge in [-0.1, -0.05) is 32.1 Å². The standard InChI is InChI=1S/C26H39NO4/c1-20(2)26(22(14-18-28)11-12-24(30-5)25(26)31-6)15-8-16-27(3)17-13-21-9-7-10-23(19-21)29-4/h7,9-12,18-20,22H,8,13-17H2,1-6H3/t22-,26?/m0/s1. The first-order valence-corrected chi connectivity index (χ1v) is 11.2. The molecule has 0 saturated carbocycles. The Morgan fingerprint density at radius 3 is 2.52 bits per heavy atom. The lowest BCUT2D eigenvalue weighted by atomic mass is 9.60. The van der Waals surface area contributed by atoms with Crippen molar-refractivity contribution >= 4 is 6.29 Å². The maximum absolute atomic E-state index is 11.4. The number of aldehydes is 1. The Kier molecular flexibility index (Phi) is 9.63. The predicted molar refractivity (Wildman–Crippen MR) is 125 cm³/mol. The maximum atomic E-state index is 11.4. The van der Waals surface area contributed by atoms with Gasteiger partial charge in [0.05, 0.1) is 21.3 Å². The van der Waals surface area contributed by atoms with Crippen molar-refractivity contribution in [2.45, 2.75) is 39.5 Å². The van der Waals surface area contributed by atoms with E-state index < -0.39 is 0 Å². The van der Waals surface area contributed by atoms with Gasteiger partial charge in [-0.2, -0.15) is 0 Å². The Morgan fingerprint density at radius 1 is 1.13 bits per heavy atom. The monoisotopic (exact) mass is 429 g/mol. The zero-order valence-electron chi connectivity index (χ0n) is 20.0. The van der Waals surface area contributed by atoms with Gasteiger partial charge in [-0.25, -0.2) is 0 Å². The summed E-state index contributed by atoms with van der Waals surface area (Å²) < 4.78 is 16.8. The van der Waals surface area contributed by atoms with Crippen molar-refractivity contribution in [1.82, 2.24) is 4.90 Å². The van der Waals surface area contributed by atoms with Crippen LogP contribution >= 0.6 is 0 Å². The van der Waals surface area contributed by atoms with Crippen LogP contribution in [0.5, 0.6) is 5.75 Å². The number of carbonyl (C=O) groups is 1. The molecule has 0 aromatic heterocycles. The van der Waals surface area contributed by atoms with Gasteiger partial charge in [-0.05, 0) is 68.5 Å². The van der Waals surface area contributed by atoms with E-state index in [-0.39, 0.29) is 11.3 Å². The second-order valence-corrected chi connectivity index (χ2v) is 8.67. The van der Waals surface area contributed by atoms with Crippen molar-refractivity contribution in [2.24, 2.45) is 17.3 Å². The summed E-state index contributed by atoms with van der Waals surface area (Å²) in [6.45, 7) is 6.40. The minimum atomic E-state index is -0.247. The van der Waals surface area contributed by atoms with Crippen LogP contribution in [0.15, 0.2) is 47.9 Å². The minimum absolute atomic E-state index is 0.112. The second-order valence-electron chi connectivity index (χ2n) is 8.67. The molecule has 0 heterocycles. The van der Waals surface area contributed by atoms with Gasteiger partial charge in [-0.3, -0.25) is 0 Å². The number of hydrogen-bond acceptors (Lipinski definition) is 5. The third kappa shape index (κ3) is 5.91. The van der Waals surface area contributed by atoms with E-state index in [1.165, 1.54) is 5.56 Å². The van der Waals surface area contributed by atoms with Gasteiger partial charge < -0.3 is 23.9 Å². The van der Waals surface area contributed by atoms with Crippen LogP contribution in [0.2, 0.25) is 0 Å². The van der Waals surface area contributed by atoms with Crippen molar-refractivity contribution in [3.05, 3.63) is 53.5 Å². The highest BCUT2D eigenvalue weighted by Crippen LogP contribution is 2.52. The molecule has 0 bridgehead atoms. The number of carbonyl (C=O) groups excluding carboxylic acids is 1. The summed E-state index contributed by atoms with van der Waals surface area (Å²) in [5.41, 5.74) is 1.03. The molecule has 0 N–H and O–H groups in total. The summed E-state index contributed by atoms with van der Waals surface area (Å²) >= 11 is 0. The summed E-state index contributed by atoms with van der Waals surface area (Å²) in [7, 11) is 7.25. The SMILES string of the molecule is COC1=C(OC)C(CCCN(C)CCc2cccc(OC)c2)(C(C)C)[C@H](CC=O)C=C1. The largest absolute Gasteiger partial charge is 0.497 e. The Hall–Kier alpha value is -2.27. The first-order valence-electron chi connectivity index (χ1n) is 11.2. The Morgan fingerprint density at radius 2 is 1.90 bits per heavy atom. The molecular formula is C26H39NO4. The molecule has 172 valence electrons. The molecule has 0 saturated heterocycles. The molecule has 2 rings (SSSR count). The Labute approximate surface area is 188 Å². The van der Waals surface area contributed by atoms with E-state index >= 15 is 0 Å². The second kappa shape index (κ2) is 11.9. The molecule has 0 aliphatic heterocycles. The molecule has 0 spiro atoms. The number of rotatable bonds is 13. The zero-order valence-corrected chi connectivity index (χ0v) is 20.0. The van der Waals surface area contributed by atoms with Gasteiger partial charge in [0.1, 0.15) is 17.8 Å². The van der Waals surface area contributed by atoms with Crippen LogP contribution in [0.4, 0.5) is 0 Å². The lowest BCUT2D eigenvalue weighted by Crippen LogP contribution is -2.41. The van der Waals surface area contributed by atoms with E-state index in [9.17, 15) is 4.79 Å². The molecule has 1 unspecified atom stereocenters. The molecule has 5 heteroatoms. The number of benzene rings is 1. The topological polar surface area (TPSA) is 48.0 Å². The summed E-state index contributed by atoms with van der Waals surface area (Å²) in [5.74, 6) is 2.96. The van der Waals surface area contributed by atoms with E-state index in [0.29, 0.717) is 12.3 Å². The smallest absolute Gasteiger partial charge is 0.156 e. The highest BCUT2D eigenvalue weighted by Gasteiger charge is 2.47. The molecule has 0 amide bonds. The van der Waals surface area contributed by atoms with Crippen molar-refractivity contribution < 1.29 is 19.0 Å². The molecule has 5 nitrogen and oxygen atoms in total. The fraction of sp³-hybridized carbons (Fsp3) is 0.577. The molecule has 2 atom stereocenters. The van der Waals surface area contributed by atoms with Crippen LogP contribution in [0.25, 0.3) is 0 Å². The van der Waals surface area contributed by atoms with E-state index in [0.717, 1.165) is 55.9 Å². The summed E-state index contributed by atoms with van der Waals surface area (Å²) in [4.78, 5) is 13.8. The van der Waals surface area contributed by atoms with Crippen LogP contribution in [-0.4, -0.2) is 52.7 Å². The molecule has 31 heavy (non-hydrogen) atoms. The number of likely N-dealkylation sites (N-methyl/N-ethyl adjacent to an activating group) is 1. The first kappa shape index (κ1) is 25.0.